The second-order valence-electron chi connectivity index (χ2n) is 5.42. The highest BCUT2D eigenvalue weighted by Gasteiger charge is 2.20. The first kappa shape index (κ1) is 19.3. The van der Waals surface area contributed by atoms with Gasteiger partial charge in [-0.2, -0.15) is 4.99 Å². The first-order valence-corrected chi connectivity index (χ1v) is 9.63. The minimum Gasteiger partial charge on any atom is -0.497 e. The maximum absolute atomic E-state index is 11.8. The number of ether oxygens (including phenoxy) is 3. The molecule has 0 aliphatic carbocycles. The van der Waals surface area contributed by atoms with Crippen LogP contribution in [-0.2, 0) is 4.79 Å². The molecule has 8 heteroatoms. The van der Waals surface area contributed by atoms with Gasteiger partial charge in [-0.25, -0.2) is 0 Å². The van der Waals surface area contributed by atoms with E-state index in [9.17, 15) is 4.79 Å². The second-order valence-corrected chi connectivity index (χ2v) is 7.40. The topological polar surface area (TPSA) is 83.1 Å². The van der Waals surface area contributed by atoms with Gasteiger partial charge in [-0.15, -0.1) is 0 Å². The van der Waals surface area contributed by atoms with Crippen molar-refractivity contribution < 1.29 is 19.0 Å². The molecule has 1 heterocycles. The Bertz CT molecular complexity index is 897. The van der Waals surface area contributed by atoms with Gasteiger partial charge in [0.15, 0.2) is 5.17 Å². The normalized spacial score (nSPS) is 15.0. The van der Waals surface area contributed by atoms with Crippen molar-refractivity contribution in [2.75, 3.05) is 20.3 Å². The van der Waals surface area contributed by atoms with Crippen molar-refractivity contribution in [3.05, 3.63) is 57.4 Å². The van der Waals surface area contributed by atoms with Gasteiger partial charge in [-0.05, 0) is 60.3 Å². The molecule has 2 aromatic carbocycles. The zero-order valence-electron chi connectivity index (χ0n) is 14.5. The number of halogens is 1. The first-order chi connectivity index (χ1) is 13.0. The Morgan fingerprint density at radius 1 is 1.11 bits per heavy atom. The molecule has 0 aromatic heterocycles. The number of hydrogen-bond acceptors (Lipinski definition) is 6. The summed E-state index contributed by atoms with van der Waals surface area (Å²) < 4.78 is 17.5. The maximum atomic E-state index is 11.8. The third kappa shape index (κ3) is 5.27. The Hall–Kier alpha value is -2.45. The summed E-state index contributed by atoms with van der Waals surface area (Å²) in [6, 6.07) is 12.9. The third-order valence-corrected chi connectivity index (χ3v) is 4.87. The molecular weight excluding hydrogens is 432 g/mol. The van der Waals surface area contributed by atoms with Crippen LogP contribution in [0.15, 0.2) is 56.8 Å². The number of nitrogens with two attached hydrogens (primary N) is 1. The first-order valence-electron chi connectivity index (χ1n) is 8.02. The smallest absolute Gasteiger partial charge is 0.286 e. The van der Waals surface area contributed by atoms with Crippen molar-refractivity contribution in [1.82, 2.24) is 0 Å². The number of amidine groups is 1. The summed E-state index contributed by atoms with van der Waals surface area (Å²) in [6.45, 7) is 0.728. The lowest BCUT2D eigenvalue weighted by molar-refractivity contribution is -0.113. The van der Waals surface area contributed by atoms with E-state index in [4.69, 9.17) is 19.9 Å². The van der Waals surface area contributed by atoms with E-state index in [1.165, 1.54) is 0 Å². The van der Waals surface area contributed by atoms with Gasteiger partial charge in [0.1, 0.15) is 30.5 Å². The van der Waals surface area contributed by atoms with Crippen LogP contribution in [0.1, 0.15) is 5.56 Å². The number of rotatable bonds is 7. The molecule has 0 radical (unpaired) electrons. The molecule has 0 atom stereocenters. The molecule has 0 bridgehead atoms. The van der Waals surface area contributed by atoms with Crippen LogP contribution in [0.4, 0.5) is 0 Å². The Morgan fingerprint density at radius 2 is 1.81 bits per heavy atom. The SMILES string of the molecule is COc1ccc(OCCOc2ccc(Br)cc2/C=C2\SC(N)=NC2=O)cc1. The average Bonchev–Trinajstić information content (AvgIpc) is 2.97. The van der Waals surface area contributed by atoms with E-state index in [0.717, 1.165) is 33.3 Å². The molecule has 27 heavy (non-hydrogen) atoms. The highest BCUT2D eigenvalue weighted by molar-refractivity contribution is 9.10. The fourth-order valence-corrected chi connectivity index (χ4v) is 3.36. The molecule has 0 saturated carbocycles. The Labute approximate surface area is 169 Å². The van der Waals surface area contributed by atoms with Gasteiger partial charge in [-0.1, -0.05) is 15.9 Å². The fourth-order valence-electron chi connectivity index (χ4n) is 2.31. The lowest BCUT2D eigenvalue weighted by Gasteiger charge is -2.11. The number of aliphatic imine (C=N–C) groups is 1. The van der Waals surface area contributed by atoms with E-state index in [2.05, 4.69) is 20.9 Å². The molecule has 3 rings (SSSR count). The molecule has 1 aliphatic heterocycles. The van der Waals surface area contributed by atoms with Crippen LogP contribution in [0.25, 0.3) is 6.08 Å². The summed E-state index contributed by atoms with van der Waals surface area (Å²) in [4.78, 5) is 16.0. The lowest BCUT2D eigenvalue weighted by atomic mass is 10.2. The largest absolute Gasteiger partial charge is 0.497 e. The van der Waals surface area contributed by atoms with Gasteiger partial charge >= 0.3 is 0 Å². The van der Waals surface area contributed by atoms with Crippen molar-refractivity contribution in [2.24, 2.45) is 10.7 Å². The number of amides is 1. The van der Waals surface area contributed by atoms with E-state index in [1.54, 1.807) is 13.2 Å². The maximum Gasteiger partial charge on any atom is 0.286 e. The Kier molecular flexibility index (Phi) is 6.41. The van der Waals surface area contributed by atoms with Crippen molar-refractivity contribution in [3.8, 4) is 17.2 Å². The molecule has 1 amide bonds. The summed E-state index contributed by atoms with van der Waals surface area (Å²) in [5, 5.41) is 0.247. The van der Waals surface area contributed by atoms with Crippen molar-refractivity contribution in [2.45, 2.75) is 0 Å². The highest BCUT2D eigenvalue weighted by Crippen LogP contribution is 2.31. The monoisotopic (exact) mass is 448 g/mol. The molecule has 2 aromatic rings. The van der Waals surface area contributed by atoms with Gasteiger partial charge in [-0.3, -0.25) is 4.79 Å². The van der Waals surface area contributed by atoms with E-state index >= 15 is 0 Å². The minimum absolute atomic E-state index is 0.247. The highest BCUT2D eigenvalue weighted by atomic mass is 79.9. The van der Waals surface area contributed by atoms with Crippen LogP contribution >= 0.6 is 27.7 Å². The number of hydrogen-bond donors (Lipinski definition) is 1. The molecule has 6 nitrogen and oxygen atoms in total. The predicted molar refractivity (Wildman–Crippen MR) is 110 cm³/mol. The van der Waals surface area contributed by atoms with Crippen LogP contribution in [0.5, 0.6) is 17.2 Å². The molecule has 0 saturated heterocycles. The molecule has 0 unspecified atom stereocenters. The number of benzene rings is 2. The van der Waals surface area contributed by atoms with Crippen LogP contribution in [0, 0.1) is 0 Å². The molecular formula is C19H17BrN2O4S. The average molecular weight is 449 g/mol. The Balaban J connectivity index is 1.61. The molecule has 0 spiro atoms. The van der Waals surface area contributed by atoms with Crippen LogP contribution in [0.3, 0.4) is 0 Å². The zero-order chi connectivity index (χ0) is 19.2. The van der Waals surface area contributed by atoms with Crippen molar-refractivity contribution in [3.63, 3.8) is 0 Å². The van der Waals surface area contributed by atoms with Gasteiger partial charge < -0.3 is 19.9 Å². The summed E-state index contributed by atoms with van der Waals surface area (Å²) in [5.74, 6) is 1.81. The van der Waals surface area contributed by atoms with Crippen molar-refractivity contribution >= 4 is 44.8 Å². The number of carbonyl (C=O) groups is 1. The van der Waals surface area contributed by atoms with Gasteiger partial charge in [0.2, 0.25) is 0 Å². The quantitative estimate of drug-likeness (QED) is 0.511. The number of carbonyl (C=O) groups excluding carboxylic acids is 1. The number of methoxy groups -OCH3 is 1. The lowest BCUT2D eigenvalue weighted by Crippen LogP contribution is -2.09. The van der Waals surface area contributed by atoms with Gasteiger partial charge in [0, 0.05) is 10.0 Å². The Morgan fingerprint density at radius 3 is 2.48 bits per heavy atom. The predicted octanol–water partition coefficient (Wildman–Crippen LogP) is 3.84. The van der Waals surface area contributed by atoms with Gasteiger partial charge in [0.25, 0.3) is 5.91 Å². The van der Waals surface area contributed by atoms with Crippen molar-refractivity contribution in [1.29, 1.82) is 0 Å². The van der Waals surface area contributed by atoms with E-state index in [1.807, 2.05) is 42.5 Å². The van der Waals surface area contributed by atoms with E-state index in [0.29, 0.717) is 23.9 Å². The molecule has 0 fully saturated rings. The van der Waals surface area contributed by atoms with Crippen LogP contribution in [0.2, 0.25) is 0 Å². The summed E-state index contributed by atoms with van der Waals surface area (Å²) in [7, 11) is 1.62. The van der Waals surface area contributed by atoms with E-state index in [-0.39, 0.29) is 11.1 Å². The van der Waals surface area contributed by atoms with Crippen LogP contribution < -0.4 is 19.9 Å². The summed E-state index contributed by atoms with van der Waals surface area (Å²) in [5.41, 5.74) is 6.35. The van der Waals surface area contributed by atoms with Crippen LogP contribution in [-0.4, -0.2) is 31.4 Å². The summed E-state index contributed by atoms with van der Waals surface area (Å²) >= 11 is 4.58. The van der Waals surface area contributed by atoms with E-state index < -0.39 is 0 Å². The summed E-state index contributed by atoms with van der Waals surface area (Å²) in [6.07, 6.45) is 1.72. The van der Waals surface area contributed by atoms with Gasteiger partial charge in [0.05, 0.1) is 12.0 Å². The molecule has 1 aliphatic rings. The third-order valence-electron chi connectivity index (χ3n) is 3.56. The second kappa shape index (κ2) is 8.96. The number of nitrogens with zero attached hydrogens (tertiary/aromatic N) is 1. The number of thioether (sulfide) groups is 1. The zero-order valence-corrected chi connectivity index (χ0v) is 16.9. The standard InChI is InChI=1S/C19H17BrN2O4S/c1-24-14-3-5-15(6-4-14)25-8-9-26-16-7-2-13(20)10-12(16)11-17-18(23)22-19(21)27-17/h2-7,10-11H,8-9H2,1H3,(H2,21,22,23)/b17-11-. The minimum atomic E-state index is -0.341. The fraction of sp³-hybridized carbons (Fsp3) is 0.158. The molecule has 140 valence electrons. The molecule has 2 N–H and O–H groups in total.